The Morgan fingerprint density at radius 3 is 2.37 bits per heavy atom. The van der Waals surface area contributed by atoms with E-state index in [1.807, 2.05) is 65.0 Å². The predicted octanol–water partition coefficient (Wildman–Crippen LogP) is 8.53. The van der Waals surface area contributed by atoms with Crippen molar-refractivity contribution in [3.05, 3.63) is 63.0 Å². The molecule has 0 saturated carbocycles. The van der Waals surface area contributed by atoms with Crippen molar-refractivity contribution in [3.8, 4) is 16.9 Å². The van der Waals surface area contributed by atoms with Gasteiger partial charge in [0.05, 0.1) is 12.6 Å². The van der Waals surface area contributed by atoms with Crippen LogP contribution in [-0.4, -0.2) is 54.5 Å². The number of hydrogen-bond donors (Lipinski definition) is 1. The van der Waals surface area contributed by atoms with Crippen molar-refractivity contribution in [3.63, 3.8) is 0 Å². The molecular formula is C33H43FN2O5SSi. The van der Waals surface area contributed by atoms with Crippen LogP contribution < -0.4 is 10.3 Å². The molecule has 0 aliphatic heterocycles. The summed E-state index contributed by atoms with van der Waals surface area (Å²) >= 11 is 0.849. The molecule has 10 heteroatoms. The molecule has 0 radical (unpaired) electrons. The zero-order valence-corrected chi connectivity index (χ0v) is 28.4. The third-order valence-electron chi connectivity index (χ3n) is 7.84. The van der Waals surface area contributed by atoms with Crippen LogP contribution in [0.4, 0.5) is 9.18 Å². The molecule has 2 aromatic carbocycles. The summed E-state index contributed by atoms with van der Waals surface area (Å²) in [6.07, 6.45) is -0.950. The smallest absolute Gasteiger partial charge is 0.407 e. The van der Waals surface area contributed by atoms with E-state index in [9.17, 15) is 19.1 Å². The van der Waals surface area contributed by atoms with E-state index in [1.165, 1.54) is 11.0 Å². The highest BCUT2D eigenvalue weighted by Crippen LogP contribution is 2.43. The van der Waals surface area contributed by atoms with Gasteiger partial charge in [0.25, 0.3) is 5.56 Å². The minimum atomic E-state index is -1.32. The predicted molar refractivity (Wildman–Crippen MR) is 177 cm³/mol. The van der Waals surface area contributed by atoms with E-state index in [0.29, 0.717) is 34.5 Å². The van der Waals surface area contributed by atoms with Gasteiger partial charge in [0.1, 0.15) is 17.2 Å². The van der Waals surface area contributed by atoms with Gasteiger partial charge in [-0.3, -0.25) is 9.36 Å². The number of fused-ring (bicyclic) bond motifs is 3. The van der Waals surface area contributed by atoms with Crippen LogP contribution in [-0.2, 0) is 11.5 Å². The molecule has 0 fully saturated rings. The van der Waals surface area contributed by atoms with Crippen molar-refractivity contribution in [2.75, 3.05) is 20.3 Å². The number of pyridine rings is 1. The number of aromatic nitrogens is 1. The minimum Gasteiger partial charge on any atom is -0.496 e. The number of benzene rings is 2. The number of methoxy groups -OCH3 is 1. The van der Waals surface area contributed by atoms with Crippen LogP contribution in [0.2, 0.25) is 25.7 Å². The lowest BCUT2D eigenvalue weighted by Crippen LogP contribution is -2.46. The Labute approximate surface area is 257 Å². The lowest BCUT2D eigenvalue weighted by molar-refractivity contribution is 0.0881. The molecule has 232 valence electrons. The second kappa shape index (κ2) is 12.4. The summed E-state index contributed by atoms with van der Waals surface area (Å²) in [6, 6.07) is 12.3. The Bertz CT molecular complexity index is 1700. The fourth-order valence-corrected chi connectivity index (χ4v) is 7.01. The molecular weight excluding hydrogens is 584 g/mol. The van der Waals surface area contributed by atoms with Crippen molar-refractivity contribution in [2.24, 2.45) is 0 Å². The molecule has 1 amide bonds. The fourth-order valence-electron chi connectivity index (χ4n) is 5.42. The van der Waals surface area contributed by atoms with Gasteiger partial charge in [-0.05, 0) is 68.5 Å². The number of halogens is 1. The third-order valence-corrected chi connectivity index (χ3v) is 10.5. The van der Waals surface area contributed by atoms with E-state index in [4.69, 9.17) is 9.47 Å². The van der Waals surface area contributed by atoms with Gasteiger partial charge in [-0.15, -0.1) is 11.3 Å². The number of nitrogens with zero attached hydrogens (tertiary/aromatic N) is 2. The number of hydrogen-bond acceptors (Lipinski definition) is 5. The molecule has 0 aliphatic carbocycles. The van der Waals surface area contributed by atoms with Crippen molar-refractivity contribution < 1.29 is 23.8 Å². The Morgan fingerprint density at radius 1 is 1.16 bits per heavy atom. The summed E-state index contributed by atoms with van der Waals surface area (Å²) in [5.74, 6) is 0.575. The van der Waals surface area contributed by atoms with Gasteiger partial charge in [0.2, 0.25) is 0 Å². The highest BCUT2D eigenvalue weighted by molar-refractivity contribution is 7.17. The summed E-state index contributed by atoms with van der Waals surface area (Å²) in [6.45, 7) is 17.4. The van der Waals surface area contributed by atoms with E-state index in [0.717, 1.165) is 45.0 Å². The van der Waals surface area contributed by atoms with Crippen LogP contribution in [0.15, 0.2) is 41.2 Å². The van der Waals surface area contributed by atoms with Gasteiger partial charge in [-0.1, -0.05) is 50.8 Å². The molecule has 2 heterocycles. The van der Waals surface area contributed by atoms with Gasteiger partial charge in [-0.25, -0.2) is 4.79 Å². The average molecular weight is 627 g/mol. The molecule has 1 N–H and O–H groups in total. The molecule has 7 nitrogen and oxygen atoms in total. The Morgan fingerprint density at radius 2 is 1.81 bits per heavy atom. The first-order valence-corrected chi connectivity index (χ1v) is 19.1. The topological polar surface area (TPSA) is 81.0 Å². The summed E-state index contributed by atoms with van der Waals surface area (Å²) in [5, 5.41) is 10.6. The Kier molecular flexibility index (Phi) is 9.44. The second-order valence-corrected chi connectivity index (χ2v) is 20.1. The highest BCUT2D eigenvalue weighted by Gasteiger charge is 2.28. The van der Waals surface area contributed by atoms with Crippen LogP contribution in [0.25, 0.3) is 32.1 Å². The maximum absolute atomic E-state index is 14.8. The first-order chi connectivity index (χ1) is 20.0. The van der Waals surface area contributed by atoms with E-state index < -0.39 is 24.8 Å². The van der Waals surface area contributed by atoms with Gasteiger partial charge in [0.15, 0.2) is 5.13 Å². The number of carboxylic acid groups (broad SMARTS) is 1. The number of thiophene rings is 1. The number of rotatable bonds is 10. The van der Waals surface area contributed by atoms with Crippen molar-refractivity contribution >= 4 is 46.5 Å². The zero-order chi connectivity index (χ0) is 31.9. The van der Waals surface area contributed by atoms with Crippen LogP contribution in [0.1, 0.15) is 44.7 Å². The molecule has 0 spiro atoms. The first kappa shape index (κ1) is 32.7. The van der Waals surface area contributed by atoms with E-state index >= 15 is 0 Å². The molecule has 43 heavy (non-hydrogen) atoms. The summed E-state index contributed by atoms with van der Waals surface area (Å²) in [7, 11) is 0.281. The van der Waals surface area contributed by atoms with E-state index in [1.54, 1.807) is 11.7 Å². The van der Waals surface area contributed by atoms with Crippen LogP contribution in [0.3, 0.4) is 0 Å². The number of aryl methyl sites for hydroxylation is 1. The van der Waals surface area contributed by atoms with Crippen LogP contribution in [0, 0.1) is 12.1 Å². The monoisotopic (exact) mass is 626 g/mol. The summed E-state index contributed by atoms with van der Waals surface area (Å²) in [5.41, 5.74) is 3.34. The minimum absolute atomic E-state index is 0.0443. The molecule has 0 bridgehead atoms. The quantitative estimate of drug-likeness (QED) is 0.141. The van der Waals surface area contributed by atoms with Crippen molar-refractivity contribution in [1.29, 1.82) is 0 Å². The lowest BCUT2D eigenvalue weighted by atomic mass is 9.92. The van der Waals surface area contributed by atoms with Crippen LogP contribution in [0.5, 0.6) is 5.75 Å². The number of ether oxygens (including phenoxy) is 2. The van der Waals surface area contributed by atoms with Crippen molar-refractivity contribution in [2.45, 2.75) is 78.5 Å². The fraction of sp³-hybridized carbons (Fsp3) is 0.455. The molecule has 2 aromatic heterocycles. The van der Waals surface area contributed by atoms with Gasteiger partial charge < -0.3 is 19.5 Å². The summed E-state index contributed by atoms with van der Waals surface area (Å²) in [4.78, 5) is 27.1. The average Bonchev–Trinajstić information content (AvgIpc) is 3.31. The van der Waals surface area contributed by atoms with Gasteiger partial charge in [-0.2, -0.15) is 4.39 Å². The maximum Gasteiger partial charge on any atom is 0.407 e. The number of carbonyl (C=O) groups is 1. The van der Waals surface area contributed by atoms with Gasteiger partial charge in [0, 0.05) is 43.1 Å². The van der Waals surface area contributed by atoms with E-state index in [-0.39, 0.29) is 18.2 Å². The second-order valence-electron chi connectivity index (χ2n) is 13.5. The lowest BCUT2D eigenvalue weighted by Gasteiger charge is -2.35. The molecule has 0 unspecified atom stereocenters. The third kappa shape index (κ3) is 6.97. The standard InChI is InChI=1S/C33H43FN2O5SSi/c1-20-16-25(40-6)27(23-12-10-22(11-13-23)21(2)18-36(32(38)39)33(3,4)5)28-24-17-26(34)42-30(24)31(37)35(29(20)28)19-41-14-15-43(7,8)9/h10-13,16-17,21H,14-15,18-19H2,1-9H3,(H,38,39)/t21-/m0/s1. The zero-order valence-electron chi connectivity index (χ0n) is 26.6. The van der Waals surface area contributed by atoms with Gasteiger partial charge >= 0.3 is 6.09 Å². The summed E-state index contributed by atoms with van der Waals surface area (Å²) < 4.78 is 28.6. The van der Waals surface area contributed by atoms with E-state index in [2.05, 4.69) is 19.6 Å². The normalized spacial score (nSPS) is 13.1. The highest BCUT2D eigenvalue weighted by atomic mass is 32.1. The number of amides is 1. The Balaban J connectivity index is 1.86. The molecule has 1 atom stereocenters. The molecule has 4 rings (SSSR count). The first-order valence-electron chi connectivity index (χ1n) is 14.5. The SMILES string of the molecule is COc1cc(C)c2c(c1-c1ccc([C@@H](C)CN(C(=O)O)C(C)(C)C)cc1)c1cc(F)sc1c(=O)n2COCC[Si](C)(C)C. The Hall–Kier alpha value is -3.21. The molecule has 0 saturated heterocycles. The van der Waals surface area contributed by atoms with Crippen LogP contribution >= 0.6 is 11.3 Å². The largest absolute Gasteiger partial charge is 0.496 e. The molecule has 0 aliphatic rings. The van der Waals surface area contributed by atoms with Crippen molar-refractivity contribution in [1.82, 2.24) is 9.47 Å². The molecule has 4 aromatic rings. The maximum atomic E-state index is 14.8.